The van der Waals surface area contributed by atoms with Crippen LogP contribution in [0.5, 0.6) is 5.75 Å². The minimum atomic E-state index is -0.599. The molecule has 2 atom stereocenters. The number of aromatic hydroxyl groups is 1. The van der Waals surface area contributed by atoms with Gasteiger partial charge in [-0.1, -0.05) is 44.7 Å². The predicted molar refractivity (Wildman–Crippen MR) is 170 cm³/mol. The largest absolute Gasteiger partial charge is 0.508 e. The molecule has 10 heteroatoms. The summed E-state index contributed by atoms with van der Waals surface area (Å²) in [4.78, 5) is 41.4. The van der Waals surface area contributed by atoms with Crippen LogP contribution in [0.2, 0.25) is 0 Å². The number of phenols is 1. The lowest BCUT2D eigenvalue weighted by Crippen LogP contribution is -2.54. The van der Waals surface area contributed by atoms with Gasteiger partial charge in [0.25, 0.3) is 0 Å². The highest BCUT2D eigenvalue weighted by Crippen LogP contribution is 2.44. The van der Waals surface area contributed by atoms with Crippen LogP contribution < -0.4 is 15.5 Å². The maximum atomic E-state index is 15.8. The number of carbonyl (C=O) groups excluding carboxylic acids is 1. The minimum absolute atomic E-state index is 0.102. The number of amides is 1. The molecule has 0 spiro atoms. The van der Waals surface area contributed by atoms with E-state index < -0.39 is 11.5 Å². The Kier molecular flexibility index (Phi) is 7.61. The maximum absolute atomic E-state index is 15.8. The number of fused-ring (bicyclic) bond motifs is 2. The standard InChI is InChI=1S/C34H37FN6O3/c1-6-29(43)39-15-16-40(21(4)19-39)32-25-11-12-28(26-18-23(42)17-22-9-7-8-10-24(22)26)38(5)33(25)41(34(44)37-32)31-27(35)13-14-36-30(31)20(2)3/h6-10,13-14,17-18,20-21,28,42H,1,11-12,15-16,19H2,2-5H3/t21-,28?/m0/s1. The Morgan fingerprint density at radius 1 is 1.18 bits per heavy atom. The van der Waals surface area contributed by atoms with Gasteiger partial charge in [0.15, 0.2) is 5.82 Å². The van der Waals surface area contributed by atoms with Gasteiger partial charge < -0.3 is 19.8 Å². The van der Waals surface area contributed by atoms with E-state index in [4.69, 9.17) is 0 Å². The first-order chi connectivity index (χ1) is 21.1. The summed E-state index contributed by atoms with van der Waals surface area (Å²) in [6, 6.07) is 12.4. The van der Waals surface area contributed by atoms with E-state index in [9.17, 15) is 14.7 Å². The van der Waals surface area contributed by atoms with Crippen LogP contribution in [0, 0.1) is 5.82 Å². The molecule has 0 saturated carbocycles. The minimum Gasteiger partial charge on any atom is -0.508 e. The van der Waals surface area contributed by atoms with E-state index in [1.54, 1.807) is 17.0 Å². The van der Waals surface area contributed by atoms with Crippen molar-refractivity contribution in [2.75, 3.05) is 36.5 Å². The third-order valence-corrected chi connectivity index (χ3v) is 8.91. The summed E-state index contributed by atoms with van der Waals surface area (Å²) in [6.07, 6.45) is 3.98. The van der Waals surface area contributed by atoms with Crippen LogP contribution in [0.25, 0.3) is 16.5 Å². The number of halogens is 1. The van der Waals surface area contributed by atoms with E-state index in [1.807, 2.05) is 57.0 Å². The van der Waals surface area contributed by atoms with Gasteiger partial charge in [0, 0.05) is 44.5 Å². The van der Waals surface area contributed by atoms with Gasteiger partial charge in [-0.15, -0.1) is 0 Å². The van der Waals surface area contributed by atoms with Gasteiger partial charge in [0.05, 0.1) is 11.7 Å². The highest BCUT2D eigenvalue weighted by atomic mass is 19.1. The van der Waals surface area contributed by atoms with Crippen molar-refractivity contribution in [3.63, 3.8) is 0 Å². The summed E-state index contributed by atoms with van der Waals surface area (Å²) in [7, 11) is 1.91. The number of pyridine rings is 1. The van der Waals surface area contributed by atoms with Gasteiger partial charge >= 0.3 is 5.69 Å². The quantitative estimate of drug-likeness (QED) is 0.321. The molecule has 2 aromatic carbocycles. The average Bonchev–Trinajstić information content (AvgIpc) is 3.00. The lowest BCUT2D eigenvalue weighted by Gasteiger charge is -2.43. The van der Waals surface area contributed by atoms with Gasteiger partial charge in [-0.05, 0) is 66.3 Å². The monoisotopic (exact) mass is 596 g/mol. The van der Waals surface area contributed by atoms with Crippen LogP contribution in [0.15, 0.2) is 66.1 Å². The molecule has 1 saturated heterocycles. The van der Waals surface area contributed by atoms with Crippen LogP contribution >= 0.6 is 0 Å². The van der Waals surface area contributed by atoms with Crippen molar-refractivity contribution in [2.45, 2.75) is 51.6 Å². The molecule has 6 rings (SSSR count). The average molecular weight is 597 g/mol. The van der Waals surface area contributed by atoms with Crippen LogP contribution in [0.1, 0.15) is 56.0 Å². The molecule has 1 amide bonds. The van der Waals surface area contributed by atoms with Crippen molar-refractivity contribution < 1.29 is 14.3 Å². The van der Waals surface area contributed by atoms with E-state index in [1.165, 1.54) is 22.9 Å². The van der Waals surface area contributed by atoms with Crippen molar-refractivity contribution in [2.24, 2.45) is 0 Å². The summed E-state index contributed by atoms with van der Waals surface area (Å²) in [5, 5.41) is 12.6. The van der Waals surface area contributed by atoms with Crippen LogP contribution in [0.3, 0.4) is 0 Å². The number of nitrogens with zero attached hydrogens (tertiary/aromatic N) is 6. The van der Waals surface area contributed by atoms with Crippen molar-refractivity contribution in [1.29, 1.82) is 0 Å². The van der Waals surface area contributed by atoms with Crippen molar-refractivity contribution in [3.8, 4) is 11.4 Å². The zero-order valence-corrected chi connectivity index (χ0v) is 25.5. The highest BCUT2D eigenvalue weighted by Gasteiger charge is 2.37. The smallest absolute Gasteiger partial charge is 0.355 e. The van der Waals surface area contributed by atoms with Crippen LogP contribution in [-0.2, 0) is 11.2 Å². The first-order valence-electron chi connectivity index (χ1n) is 15.0. The summed E-state index contributed by atoms with van der Waals surface area (Å²) >= 11 is 0. The molecule has 4 aromatic rings. The molecule has 2 aliphatic heterocycles. The number of hydrogen-bond donors (Lipinski definition) is 1. The third kappa shape index (κ3) is 4.88. The molecule has 228 valence electrons. The lowest BCUT2D eigenvalue weighted by molar-refractivity contribution is -0.126. The molecule has 2 aromatic heterocycles. The van der Waals surface area contributed by atoms with Gasteiger partial charge in [-0.2, -0.15) is 4.98 Å². The Hall–Kier alpha value is -4.73. The Bertz CT molecular complexity index is 1840. The zero-order chi connectivity index (χ0) is 31.3. The number of anilines is 2. The highest BCUT2D eigenvalue weighted by molar-refractivity contribution is 5.88. The Morgan fingerprint density at radius 2 is 1.95 bits per heavy atom. The first kappa shape index (κ1) is 29.3. The van der Waals surface area contributed by atoms with E-state index in [-0.39, 0.29) is 35.3 Å². The summed E-state index contributed by atoms with van der Waals surface area (Å²) in [5.74, 6) is 0.432. The Labute approximate surface area is 255 Å². The van der Waals surface area contributed by atoms with Gasteiger partial charge in [-0.3, -0.25) is 9.78 Å². The SMILES string of the molecule is C=CC(=O)N1CCN(c2nc(=O)n(-c3c(F)ccnc3C(C)C)c3c2CCC(c2cc(O)cc4ccccc24)N3C)[C@@H](C)C1. The predicted octanol–water partition coefficient (Wildman–Crippen LogP) is 5.10. The number of piperazine rings is 1. The van der Waals surface area contributed by atoms with Gasteiger partial charge in [0.1, 0.15) is 23.1 Å². The fraction of sp³-hybridized carbons (Fsp3) is 0.353. The molecule has 1 unspecified atom stereocenters. The molecule has 1 N–H and O–H groups in total. The molecule has 1 fully saturated rings. The number of benzene rings is 2. The lowest BCUT2D eigenvalue weighted by atomic mass is 9.89. The molecule has 4 heterocycles. The molecule has 0 radical (unpaired) electrons. The molecule has 44 heavy (non-hydrogen) atoms. The zero-order valence-electron chi connectivity index (χ0n) is 25.5. The molecule has 2 aliphatic rings. The molecular formula is C34H37FN6O3. The fourth-order valence-corrected chi connectivity index (χ4v) is 6.84. The number of rotatable bonds is 5. The topological polar surface area (TPSA) is 94.8 Å². The second kappa shape index (κ2) is 11.4. The molecule has 0 bridgehead atoms. The number of aromatic nitrogens is 3. The third-order valence-electron chi connectivity index (χ3n) is 8.91. The summed E-state index contributed by atoms with van der Waals surface area (Å²) in [5.41, 5.74) is 1.73. The second-order valence-electron chi connectivity index (χ2n) is 12.0. The van der Waals surface area contributed by atoms with Gasteiger partial charge in [0.2, 0.25) is 5.91 Å². The van der Waals surface area contributed by atoms with Crippen molar-refractivity contribution in [3.05, 3.63) is 94.4 Å². The van der Waals surface area contributed by atoms with Crippen LogP contribution in [-0.4, -0.2) is 63.2 Å². The normalized spacial score (nSPS) is 18.5. The fourth-order valence-electron chi connectivity index (χ4n) is 6.84. The summed E-state index contributed by atoms with van der Waals surface area (Å²) in [6.45, 7) is 10.9. The number of hydrogen-bond acceptors (Lipinski definition) is 7. The van der Waals surface area contributed by atoms with Crippen LogP contribution in [0.4, 0.5) is 16.0 Å². The molecule has 0 aliphatic carbocycles. The van der Waals surface area contributed by atoms with Crippen molar-refractivity contribution >= 4 is 28.3 Å². The maximum Gasteiger partial charge on any atom is 0.355 e. The second-order valence-corrected chi connectivity index (χ2v) is 12.0. The van der Waals surface area contributed by atoms with E-state index in [0.717, 1.165) is 21.9 Å². The molecular weight excluding hydrogens is 559 g/mol. The van der Waals surface area contributed by atoms with E-state index in [2.05, 4.69) is 21.4 Å². The van der Waals surface area contributed by atoms with E-state index in [0.29, 0.717) is 49.8 Å². The molecule has 9 nitrogen and oxygen atoms in total. The number of carbonyl (C=O) groups is 1. The summed E-state index contributed by atoms with van der Waals surface area (Å²) < 4.78 is 17.2. The van der Waals surface area contributed by atoms with Gasteiger partial charge in [-0.25, -0.2) is 13.8 Å². The van der Waals surface area contributed by atoms with E-state index >= 15 is 4.39 Å². The Morgan fingerprint density at radius 3 is 2.68 bits per heavy atom. The number of phenolic OH excluding ortho intramolecular Hbond substituents is 1. The van der Waals surface area contributed by atoms with Crippen molar-refractivity contribution in [1.82, 2.24) is 19.4 Å². The first-order valence-corrected chi connectivity index (χ1v) is 15.0. The Balaban J connectivity index is 1.57.